The van der Waals surface area contributed by atoms with Crippen LogP contribution in [0.15, 0.2) is 79.5 Å². The number of benzene rings is 2. The Morgan fingerprint density at radius 1 is 0.941 bits per heavy atom. The van der Waals surface area contributed by atoms with Crippen molar-refractivity contribution >= 4 is 31.7 Å². The Hall–Kier alpha value is -2.42. The predicted molar refractivity (Wildman–Crippen MR) is 137 cm³/mol. The number of rotatable bonds is 10. The van der Waals surface area contributed by atoms with E-state index in [9.17, 15) is 13.2 Å². The summed E-state index contributed by atoms with van der Waals surface area (Å²) >= 11 is 3.29. The second-order valence-corrected chi connectivity index (χ2v) is 11.1. The number of nitrogens with one attached hydrogen (secondary N) is 1. The van der Waals surface area contributed by atoms with Crippen LogP contribution in [0.2, 0.25) is 0 Å². The summed E-state index contributed by atoms with van der Waals surface area (Å²) < 4.78 is 31.9. The summed E-state index contributed by atoms with van der Waals surface area (Å²) in [5, 5.41) is 2.66. The van der Waals surface area contributed by atoms with Crippen LogP contribution in [-0.2, 0) is 9.84 Å². The van der Waals surface area contributed by atoms with Gasteiger partial charge in [0.25, 0.3) is 5.91 Å². The minimum atomic E-state index is -3.85. The molecule has 3 rings (SSSR count). The maximum absolute atomic E-state index is 12.8. The van der Waals surface area contributed by atoms with E-state index in [-0.39, 0.29) is 21.8 Å². The van der Waals surface area contributed by atoms with Crippen molar-refractivity contribution in [2.45, 2.75) is 49.6 Å². The Kier molecular flexibility index (Phi) is 8.73. The van der Waals surface area contributed by atoms with Crippen molar-refractivity contribution in [3.63, 3.8) is 0 Å². The summed E-state index contributed by atoms with van der Waals surface area (Å²) in [4.78, 5) is 15.2. The molecule has 1 N–H and O–H groups in total. The second kappa shape index (κ2) is 11.3. The van der Waals surface area contributed by atoms with E-state index in [0.29, 0.717) is 12.5 Å². The van der Waals surface area contributed by atoms with Crippen molar-refractivity contribution in [2.75, 3.05) is 19.6 Å². The first-order chi connectivity index (χ1) is 16.2. The molecule has 1 aromatic heterocycles. The van der Waals surface area contributed by atoms with Crippen LogP contribution in [0.4, 0.5) is 0 Å². The highest BCUT2D eigenvalue weighted by Gasteiger charge is 2.25. The molecule has 0 aliphatic rings. The molecular weight excluding hydrogens is 516 g/mol. The minimum Gasteiger partial charge on any atom is -0.439 e. The van der Waals surface area contributed by atoms with E-state index >= 15 is 0 Å². The van der Waals surface area contributed by atoms with Gasteiger partial charge in [-0.25, -0.2) is 8.42 Å². The summed E-state index contributed by atoms with van der Waals surface area (Å²) in [6, 6.07) is 17.4. The van der Waals surface area contributed by atoms with Crippen molar-refractivity contribution in [3.8, 4) is 0 Å². The average molecular weight is 548 g/mol. The van der Waals surface area contributed by atoms with Crippen molar-refractivity contribution in [1.29, 1.82) is 0 Å². The smallest absolute Gasteiger partial charge is 0.287 e. The van der Waals surface area contributed by atoms with Gasteiger partial charge in [0.1, 0.15) is 0 Å². The molecule has 34 heavy (non-hydrogen) atoms. The molecule has 8 heteroatoms. The SMILES string of the molecule is CCN(CC)C(CNC(=O)c1ccc(S(=O)(=O)c2ccc(Br)cc2)o1)c1ccc(C(C)C)cc1. The number of carbonyl (C=O) groups excluding carboxylic acids is 1. The molecular formula is C26H31BrN2O4S. The highest BCUT2D eigenvalue weighted by atomic mass is 79.9. The van der Waals surface area contributed by atoms with E-state index < -0.39 is 15.7 Å². The van der Waals surface area contributed by atoms with E-state index in [1.165, 1.54) is 29.8 Å². The standard InChI is InChI=1S/C26H31BrN2O4S/c1-5-29(6-2)23(20-9-7-19(8-10-20)18(3)4)17-28-26(30)24-15-16-25(33-24)34(31,32)22-13-11-21(27)12-14-22/h7-16,18,23H,5-6,17H2,1-4H3,(H,28,30). The molecule has 2 aromatic carbocycles. The van der Waals surface area contributed by atoms with Crippen LogP contribution in [0.25, 0.3) is 0 Å². The first kappa shape index (κ1) is 26.2. The van der Waals surface area contributed by atoms with Crippen LogP contribution in [0.5, 0.6) is 0 Å². The molecule has 182 valence electrons. The number of hydrogen-bond donors (Lipinski definition) is 1. The van der Waals surface area contributed by atoms with Gasteiger partial charge >= 0.3 is 0 Å². The van der Waals surface area contributed by atoms with Crippen LogP contribution >= 0.6 is 15.9 Å². The summed E-state index contributed by atoms with van der Waals surface area (Å²) in [6.07, 6.45) is 0. The Balaban J connectivity index is 1.76. The number of halogens is 1. The van der Waals surface area contributed by atoms with E-state index in [1.807, 2.05) is 0 Å². The minimum absolute atomic E-state index is 0.0129. The van der Waals surface area contributed by atoms with Crippen molar-refractivity contribution in [2.24, 2.45) is 0 Å². The predicted octanol–water partition coefficient (Wildman–Crippen LogP) is 5.81. The molecule has 0 saturated carbocycles. The number of likely N-dealkylation sites (N-methyl/N-ethyl adjacent to an activating group) is 1. The molecule has 0 bridgehead atoms. The monoisotopic (exact) mass is 546 g/mol. The lowest BCUT2D eigenvalue weighted by molar-refractivity contribution is 0.0902. The lowest BCUT2D eigenvalue weighted by Gasteiger charge is -2.30. The molecule has 1 amide bonds. The third-order valence-corrected chi connectivity index (χ3v) is 8.06. The van der Waals surface area contributed by atoms with Crippen LogP contribution in [0.1, 0.15) is 61.3 Å². The number of nitrogens with zero attached hydrogens (tertiary/aromatic N) is 1. The zero-order chi connectivity index (χ0) is 24.9. The fourth-order valence-corrected chi connectivity index (χ4v) is 5.26. The third-order valence-electron chi connectivity index (χ3n) is 5.89. The highest BCUT2D eigenvalue weighted by Crippen LogP contribution is 2.25. The summed E-state index contributed by atoms with van der Waals surface area (Å²) in [5.41, 5.74) is 2.38. The molecule has 0 fully saturated rings. The van der Waals surface area contributed by atoms with Gasteiger partial charge in [0.2, 0.25) is 14.9 Å². The topological polar surface area (TPSA) is 79.6 Å². The van der Waals surface area contributed by atoms with Gasteiger partial charge in [0, 0.05) is 11.0 Å². The van der Waals surface area contributed by atoms with E-state index in [2.05, 4.69) is 78.1 Å². The zero-order valence-corrected chi connectivity index (χ0v) is 22.3. The molecule has 6 nitrogen and oxygen atoms in total. The summed E-state index contributed by atoms with van der Waals surface area (Å²) in [6.45, 7) is 10.5. The number of carbonyl (C=O) groups is 1. The first-order valence-electron chi connectivity index (χ1n) is 11.4. The van der Waals surface area contributed by atoms with Crippen molar-refractivity contribution in [3.05, 3.63) is 82.0 Å². The summed E-state index contributed by atoms with van der Waals surface area (Å²) in [5.74, 6) is -0.0418. The molecule has 1 atom stereocenters. The van der Waals surface area contributed by atoms with Gasteiger partial charge in [0.15, 0.2) is 5.76 Å². The van der Waals surface area contributed by atoms with Crippen LogP contribution in [-0.4, -0.2) is 38.9 Å². The number of hydrogen-bond acceptors (Lipinski definition) is 5. The van der Waals surface area contributed by atoms with Gasteiger partial charge in [-0.2, -0.15) is 0 Å². The molecule has 0 aliphatic heterocycles. The lowest BCUT2D eigenvalue weighted by atomic mass is 9.98. The fraction of sp³-hybridized carbons (Fsp3) is 0.346. The van der Waals surface area contributed by atoms with Crippen molar-refractivity contribution in [1.82, 2.24) is 10.2 Å². The Bertz CT molecular complexity index is 1200. The highest BCUT2D eigenvalue weighted by molar-refractivity contribution is 9.10. The largest absolute Gasteiger partial charge is 0.439 e. The number of amides is 1. The molecule has 1 unspecified atom stereocenters. The van der Waals surface area contributed by atoms with Gasteiger partial charge in [-0.15, -0.1) is 0 Å². The lowest BCUT2D eigenvalue weighted by Crippen LogP contribution is -2.38. The van der Waals surface area contributed by atoms with E-state index in [4.69, 9.17) is 4.42 Å². The third kappa shape index (κ3) is 5.98. The molecule has 3 aromatic rings. The Morgan fingerprint density at radius 2 is 1.53 bits per heavy atom. The fourth-order valence-electron chi connectivity index (χ4n) is 3.82. The van der Waals surface area contributed by atoms with Crippen LogP contribution < -0.4 is 5.32 Å². The van der Waals surface area contributed by atoms with Gasteiger partial charge in [-0.3, -0.25) is 9.69 Å². The Morgan fingerprint density at radius 3 is 2.09 bits per heavy atom. The zero-order valence-electron chi connectivity index (χ0n) is 19.9. The maximum Gasteiger partial charge on any atom is 0.287 e. The molecule has 0 spiro atoms. The van der Waals surface area contributed by atoms with E-state index in [0.717, 1.165) is 23.1 Å². The van der Waals surface area contributed by atoms with Gasteiger partial charge < -0.3 is 9.73 Å². The molecule has 0 radical (unpaired) electrons. The quantitative estimate of drug-likeness (QED) is 0.347. The van der Waals surface area contributed by atoms with Crippen LogP contribution in [0, 0.1) is 0 Å². The molecule has 1 heterocycles. The average Bonchev–Trinajstić information content (AvgIpc) is 3.33. The van der Waals surface area contributed by atoms with Crippen LogP contribution in [0.3, 0.4) is 0 Å². The van der Waals surface area contributed by atoms with E-state index in [1.54, 1.807) is 12.1 Å². The molecule has 0 saturated heterocycles. The van der Waals surface area contributed by atoms with Gasteiger partial charge in [0.05, 0.1) is 10.9 Å². The number of sulfone groups is 1. The first-order valence-corrected chi connectivity index (χ1v) is 13.7. The van der Waals surface area contributed by atoms with Gasteiger partial charge in [-0.05, 0) is 66.5 Å². The van der Waals surface area contributed by atoms with Gasteiger partial charge in [-0.1, -0.05) is 67.9 Å². The van der Waals surface area contributed by atoms with Crippen molar-refractivity contribution < 1.29 is 17.6 Å². The normalized spacial score (nSPS) is 12.8. The Labute approximate surface area is 210 Å². The maximum atomic E-state index is 12.8. The molecule has 0 aliphatic carbocycles. The second-order valence-electron chi connectivity index (χ2n) is 8.34. The number of furan rings is 1. The summed E-state index contributed by atoms with van der Waals surface area (Å²) in [7, 11) is -3.85.